The molecule has 2 nitrogen and oxygen atoms in total. The first-order chi connectivity index (χ1) is 8.38. The zero-order valence-electron chi connectivity index (χ0n) is 11.8. The van der Waals surface area contributed by atoms with Gasteiger partial charge in [-0.25, -0.2) is 0 Å². The van der Waals surface area contributed by atoms with Crippen LogP contribution in [0, 0.1) is 0 Å². The monoisotopic (exact) mass is 241 g/mol. The average molecular weight is 241 g/mol. The van der Waals surface area contributed by atoms with E-state index >= 15 is 0 Å². The quantitative estimate of drug-likeness (QED) is 0.683. The fraction of sp³-hybridized carbons (Fsp3) is 1.00. The summed E-state index contributed by atoms with van der Waals surface area (Å²) in [4.78, 5) is 0. The zero-order chi connectivity index (χ0) is 12.3. The van der Waals surface area contributed by atoms with E-state index in [1.807, 2.05) is 0 Å². The van der Waals surface area contributed by atoms with Crippen molar-refractivity contribution < 1.29 is 4.74 Å². The number of nitrogens with one attached hydrogen (secondary N) is 1. The molecule has 0 aromatic rings. The molecule has 1 aliphatic rings. The minimum Gasteiger partial charge on any atom is -0.377 e. The maximum absolute atomic E-state index is 6.11. The molecular weight excluding hydrogens is 210 g/mol. The Morgan fingerprint density at radius 1 is 1.00 bits per heavy atom. The lowest BCUT2D eigenvalue weighted by Crippen LogP contribution is -2.40. The van der Waals surface area contributed by atoms with Gasteiger partial charge in [-0.1, -0.05) is 51.9 Å². The van der Waals surface area contributed by atoms with E-state index in [-0.39, 0.29) is 0 Å². The molecule has 102 valence electrons. The van der Waals surface area contributed by atoms with Crippen molar-refractivity contribution in [3.63, 3.8) is 0 Å². The number of hydrogen-bond acceptors (Lipinski definition) is 2. The molecule has 0 heterocycles. The maximum Gasteiger partial charge on any atom is 0.0727 e. The van der Waals surface area contributed by atoms with Crippen molar-refractivity contribution in [2.45, 2.75) is 83.3 Å². The third-order valence-corrected chi connectivity index (χ3v) is 3.90. The summed E-state index contributed by atoms with van der Waals surface area (Å²) in [7, 11) is 2.08. The number of hydrogen-bond donors (Lipinski definition) is 1. The van der Waals surface area contributed by atoms with E-state index in [0.29, 0.717) is 12.1 Å². The highest BCUT2D eigenvalue weighted by Gasteiger charge is 2.21. The number of ether oxygens (including phenoxy) is 1. The van der Waals surface area contributed by atoms with E-state index in [9.17, 15) is 0 Å². The Morgan fingerprint density at radius 2 is 1.76 bits per heavy atom. The SMILES string of the molecule is CCCCCCOC1CCCCCCC1NC. The molecular formula is C15H31NO. The van der Waals surface area contributed by atoms with E-state index in [2.05, 4.69) is 19.3 Å². The van der Waals surface area contributed by atoms with E-state index < -0.39 is 0 Å². The van der Waals surface area contributed by atoms with Crippen molar-refractivity contribution in [1.82, 2.24) is 5.32 Å². The van der Waals surface area contributed by atoms with Gasteiger partial charge in [0, 0.05) is 12.6 Å². The second-order valence-corrected chi connectivity index (χ2v) is 5.36. The molecule has 0 spiro atoms. The smallest absolute Gasteiger partial charge is 0.0727 e. The van der Waals surface area contributed by atoms with Gasteiger partial charge in [0.05, 0.1) is 6.10 Å². The van der Waals surface area contributed by atoms with Crippen LogP contribution in [-0.4, -0.2) is 25.8 Å². The fourth-order valence-corrected chi connectivity index (χ4v) is 2.74. The second-order valence-electron chi connectivity index (χ2n) is 5.36. The molecule has 1 N–H and O–H groups in total. The van der Waals surface area contributed by atoms with Crippen LogP contribution >= 0.6 is 0 Å². The van der Waals surface area contributed by atoms with Gasteiger partial charge in [0.15, 0.2) is 0 Å². The molecule has 1 fully saturated rings. The zero-order valence-corrected chi connectivity index (χ0v) is 11.8. The van der Waals surface area contributed by atoms with Gasteiger partial charge in [-0.2, -0.15) is 0 Å². The molecule has 1 rings (SSSR count). The predicted octanol–water partition coefficient (Wildman–Crippen LogP) is 3.89. The Balaban J connectivity index is 2.20. The third kappa shape index (κ3) is 6.42. The number of unbranched alkanes of at least 4 members (excludes halogenated alkanes) is 3. The summed E-state index contributed by atoms with van der Waals surface area (Å²) in [5.74, 6) is 0. The van der Waals surface area contributed by atoms with Gasteiger partial charge >= 0.3 is 0 Å². The van der Waals surface area contributed by atoms with Crippen LogP contribution in [0.15, 0.2) is 0 Å². The van der Waals surface area contributed by atoms with Gasteiger partial charge in [0.25, 0.3) is 0 Å². The summed E-state index contributed by atoms with van der Waals surface area (Å²) < 4.78 is 6.11. The molecule has 0 saturated heterocycles. The normalized spacial score (nSPS) is 26.5. The maximum atomic E-state index is 6.11. The Bertz CT molecular complexity index is 172. The van der Waals surface area contributed by atoms with Gasteiger partial charge in [-0.3, -0.25) is 0 Å². The van der Waals surface area contributed by atoms with Crippen LogP contribution in [-0.2, 0) is 4.74 Å². The minimum atomic E-state index is 0.460. The van der Waals surface area contributed by atoms with Crippen LogP contribution in [0.25, 0.3) is 0 Å². The standard InChI is InChI=1S/C15H31NO/c1-3-4-5-10-13-17-15-12-9-7-6-8-11-14(15)16-2/h14-16H,3-13H2,1-2H3. The molecule has 17 heavy (non-hydrogen) atoms. The lowest BCUT2D eigenvalue weighted by Gasteiger charge is -2.29. The first-order valence-corrected chi connectivity index (χ1v) is 7.67. The Hall–Kier alpha value is -0.0800. The third-order valence-electron chi connectivity index (χ3n) is 3.90. The first kappa shape index (κ1) is 15.0. The summed E-state index contributed by atoms with van der Waals surface area (Å²) in [5.41, 5.74) is 0. The summed E-state index contributed by atoms with van der Waals surface area (Å²) in [6.07, 6.45) is 13.7. The van der Waals surface area contributed by atoms with Crippen LogP contribution < -0.4 is 5.32 Å². The molecule has 0 aromatic heterocycles. The lowest BCUT2D eigenvalue weighted by atomic mass is 9.94. The molecule has 2 atom stereocenters. The number of rotatable bonds is 7. The highest BCUT2D eigenvalue weighted by atomic mass is 16.5. The van der Waals surface area contributed by atoms with E-state index in [0.717, 1.165) is 6.61 Å². The molecule has 2 heteroatoms. The highest BCUT2D eigenvalue weighted by molar-refractivity contribution is 4.78. The molecule has 0 aliphatic heterocycles. The van der Waals surface area contributed by atoms with E-state index in [1.54, 1.807) is 0 Å². The van der Waals surface area contributed by atoms with Crippen LogP contribution in [0.2, 0.25) is 0 Å². The van der Waals surface area contributed by atoms with Crippen LogP contribution in [0.1, 0.15) is 71.1 Å². The fourth-order valence-electron chi connectivity index (χ4n) is 2.74. The van der Waals surface area contributed by atoms with Gasteiger partial charge in [-0.15, -0.1) is 0 Å². The minimum absolute atomic E-state index is 0.460. The number of likely N-dealkylation sites (N-methyl/N-ethyl adjacent to an activating group) is 1. The molecule has 1 saturated carbocycles. The van der Waals surface area contributed by atoms with Crippen molar-refractivity contribution in [3.8, 4) is 0 Å². The topological polar surface area (TPSA) is 21.3 Å². The van der Waals surface area contributed by atoms with Crippen molar-refractivity contribution in [2.75, 3.05) is 13.7 Å². The average Bonchev–Trinajstić information content (AvgIpc) is 2.31. The van der Waals surface area contributed by atoms with Crippen molar-refractivity contribution in [1.29, 1.82) is 0 Å². The molecule has 0 radical (unpaired) electrons. The van der Waals surface area contributed by atoms with Gasteiger partial charge in [0.2, 0.25) is 0 Å². The first-order valence-electron chi connectivity index (χ1n) is 7.67. The molecule has 2 unspecified atom stereocenters. The van der Waals surface area contributed by atoms with E-state index in [1.165, 1.54) is 64.2 Å². The van der Waals surface area contributed by atoms with Gasteiger partial charge < -0.3 is 10.1 Å². The molecule has 1 aliphatic carbocycles. The molecule has 0 bridgehead atoms. The lowest BCUT2D eigenvalue weighted by molar-refractivity contribution is 0.0133. The van der Waals surface area contributed by atoms with Crippen molar-refractivity contribution in [2.24, 2.45) is 0 Å². The Morgan fingerprint density at radius 3 is 2.47 bits per heavy atom. The van der Waals surface area contributed by atoms with E-state index in [4.69, 9.17) is 4.74 Å². The Kier molecular flexibility index (Phi) is 8.72. The molecule has 0 amide bonds. The van der Waals surface area contributed by atoms with Crippen LogP contribution in [0.3, 0.4) is 0 Å². The van der Waals surface area contributed by atoms with Crippen molar-refractivity contribution >= 4 is 0 Å². The second kappa shape index (κ2) is 9.90. The van der Waals surface area contributed by atoms with Crippen LogP contribution in [0.4, 0.5) is 0 Å². The summed E-state index contributed by atoms with van der Waals surface area (Å²) >= 11 is 0. The highest BCUT2D eigenvalue weighted by Crippen LogP contribution is 2.20. The summed E-state index contributed by atoms with van der Waals surface area (Å²) in [5, 5.41) is 3.45. The summed E-state index contributed by atoms with van der Waals surface area (Å²) in [6.45, 7) is 3.22. The van der Waals surface area contributed by atoms with Gasteiger partial charge in [0.1, 0.15) is 0 Å². The molecule has 0 aromatic carbocycles. The summed E-state index contributed by atoms with van der Waals surface area (Å²) in [6, 6.07) is 0.585. The van der Waals surface area contributed by atoms with Gasteiger partial charge in [-0.05, 0) is 26.3 Å². The predicted molar refractivity (Wildman–Crippen MR) is 74.4 cm³/mol. The van der Waals surface area contributed by atoms with Crippen LogP contribution in [0.5, 0.6) is 0 Å². The van der Waals surface area contributed by atoms with Crippen molar-refractivity contribution in [3.05, 3.63) is 0 Å². The Labute approximate surface area is 108 Å². The largest absolute Gasteiger partial charge is 0.377 e.